The van der Waals surface area contributed by atoms with Crippen LogP contribution in [0.25, 0.3) is 0 Å². The van der Waals surface area contributed by atoms with Crippen molar-refractivity contribution in [2.75, 3.05) is 6.61 Å². The average molecular weight is 160 g/mol. The van der Waals surface area contributed by atoms with Crippen LogP contribution in [-0.2, 0) is 0 Å². The third-order valence-electron chi connectivity index (χ3n) is 1.42. The Hall–Kier alpha value is -1.46. The summed E-state index contributed by atoms with van der Waals surface area (Å²) in [5.41, 5.74) is 2.70. The maximum absolute atomic E-state index is 5.41. The van der Waals surface area contributed by atoms with Crippen LogP contribution in [-0.4, -0.2) is 6.61 Å². The molecule has 0 atom stereocenters. The van der Waals surface area contributed by atoms with Gasteiger partial charge in [0.1, 0.15) is 5.75 Å². The van der Waals surface area contributed by atoms with Crippen molar-refractivity contribution in [2.45, 2.75) is 6.42 Å². The highest BCUT2D eigenvalue weighted by Gasteiger charge is 1.87. The Balaban J connectivity index is 2.29. The number of rotatable bonds is 4. The van der Waals surface area contributed by atoms with E-state index in [0.717, 1.165) is 12.2 Å². The van der Waals surface area contributed by atoms with Crippen LogP contribution >= 0.6 is 0 Å². The molecule has 0 aliphatic rings. The van der Waals surface area contributed by atoms with Crippen molar-refractivity contribution >= 4 is 0 Å². The fraction of sp³-hybridized carbons (Fsp3) is 0.182. The predicted molar refractivity (Wildman–Crippen MR) is 50.3 cm³/mol. The van der Waals surface area contributed by atoms with E-state index in [4.69, 9.17) is 4.74 Å². The fourth-order valence-corrected chi connectivity index (χ4v) is 0.854. The van der Waals surface area contributed by atoms with Crippen LogP contribution in [0.4, 0.5) is 0 Å². The summed E-state index contributed by atoms with van der Waals surface area (Å²) in [6, 6.07) is 9.77. The molecule has 62 valence electrons. The molecule has 1 heteroatoms. The third kappa shape index (κ3) is 3.09. The number of hydrogen-bond donors (Lipinski definition) is 0. The van der Waals surface area contributed by atoms with E-state index in [1.54, 1.807) is 0 Å². The van der Waals surface area contributed by atoms with Gasteiger partial charge in [-0.1, -0.05) is 24.8 Å². The van der Waals surface area contributed by atoms with E-state index in [0.29, 0.717) is 6.61 Å². The van der Waals surface area contributed by atoms with Crippen LogP contribution in [0.5, 0.6) is 5.75 Å². The van der Waals surface area contributed by atoms with E-state index < -0.39 is 0 Å². The van der Waals surface area contributed by atoms with Crippen molar-refractivity contribution in [3.05, 3.63) is 48.7 Å². The highest BCUT2D eigenvalue weighted by Crippen LogP contribution is 2.08. The maximum atomic E-state index is 5.41. The van der Waals surface area contributed by atoms with Crippen LogP contribution in [0.15, 0.2) is 48.7 Å². The van der Waals surface area contributed by atoms with Crippen molar-refractivity contribution in [1.82, 2.24) is 0 Å². The van der Waals surface area contributed by atoms with E-state index in [-0.39, 0.29) is 0 Å². The summed E-state index contributed by atoms with van der Waals surface area (Å²) in [4.78, 5) is 0. The van der Waals surface area contributed by atoms with Gasteiger partial charge in [-0.05, 0) is 18.2 Å². The molecule has 0 saturated carbocycles. The van der Waals surface area contributed by atoms with Gasteiger partial charge >= 0.3 is 0 Å². The summed E-state index contributed by atoms with van der Waals surface area (Å²) < 4.78 is 5.41. The highest BCUT2D eigenvalue weighted by atomic mass is 16.5. The molecule has 0 aliphatic heterocycles. The molecule has 1 aromatic carbocycles. The van der Waals surface area contributed by atoms with E-state index in [1.165, 1.54) is 0 Å². The number of para-hydroxylation sites is 1. The largest absolute Gasteiger partial charge is 0.493 e. The van der Waals surface area contributed by atoms with Crippen LogP contribution in [0.1, 0.15) is 6.42 Å². The summed E-state index contributed by atoms with van der Waals surface area (Å²) >= 11 is 0. The van der Waals surface area contributed by atoms with Gasteiger partial charge in [0.25, 0.3) is 0 Å². The van der Waals surface area contributed by atoms with Crippen molar-refractivity contribution in [2.24, 2.45) is 0 Å². The Bertz CT molecular complexity index is 258. The lowest BCUT2D eigenvalue weighted by Crippen LogP contribution is -1.94. The number of benzene rings is 1. The molecule has 0 radical (unpaired) electrons. The van der Waals surface area contributed by atoms with Crippen molar-refractivity contribution < 1.29 is 4.74 Å². The van der Waals surface area contributed by atoms with Crippen molar-refractivity contribution in [3.63, 3.8) is 0 Å². The molecule has 0 fully saturated rings. The molecule has 0 bridgehead atoms. The number of hydrogen-bond acceptors (Lipinski definition) is 1. The van der Waals surface area contributed by atoms with Gasteiger partial charge in [0.2, 0.25) is 0 Å². The summed E-state index contributed by atoms with van der Waals surface area (Å²) in [5, 5.41) is 0. The van der Waals surface area contributed by atoms with Gasteiger partial charge in [0, 0.05) is 6.42 Å². The summed E-state index contributed by atoms with van der Waals surface area (Å²) in [6.07, 6.45) is 2.72. The first-order valence-electron chi connectivity index (χ1n) is 3.95. The first-order valence-corrected chi connectivity index (χ1v) is 3.95. The summed E-state index contributed by atoms with van der Waals surface area (Å²) in [5.74, 6) is 0.912. The van der Waals surface area contributed by atoms with E-state index in [1.807, 2.05) is 36.4 Å². The molecular weight excluding hydrogens is 148 g/mol. The molecule has 1 rings (SSSR count). The minimum absolute atomic E-state index is 0.687. The minimum Gasteiger partial charge on any atom is -0.493 e. The third-order valence-corrected chi connectivity index (χ3v) is 1.42. The Kier molecular flexibility index (Phi) is 3.76. The van der Waals surface area contributed by atoms with E-state index in [9.17, 15) is 0 Å². The Morgan fingerprint density at radius 2 is 2.08 bits per heavy atom. The second-order valence-electron chi connectivity index (χ2n) is 2.36. The molecule has 0 N–H and O–H groups in total. The van der Waals surface area contributed by atoms with Crippen LogP contribution in [0.2, 0.25) is 0 Å². The molecule has 1 nitrogen and oxygen atoms in total. The first kappa shape index (κ1) is 8.63. The lowest BCUT2D eigenvalue weighted by atomic mass is 10.3. The van der Waals surface area contributed by atoms with E-state index >= 15 is 0 Å². The topological polar surface area (TPSA) is 9.23 Å². The molecule has 0 heterocycles. The fourth-order valence-electron chi connectivity index (χ4n) is 0.854. The highest BCUT2D eigenvalue weighted by molar-refractivity contribution is 5.20. The molecule has 0 spiro atoms. The molecule has 0 amide bonds. The van der Waals surface area contributed by atoms with Crippen LogP contribution in [0.3, 0.4) is 0 Å². The first-order chi connectivity index (χ1) is 5.93. The second kappa shape index (κ2) is 5.22. The lowest BCUT2D eigenvalue weighted by Gasteiger charge is -2.02. The Labute approximate surface area is 73.0 Å². The summed E-state index contributed by atoms with van der Waals surface area (Å²) in [6.45, 7) is 4.16. The summed E-state index contributed by atoms with van der Waals surface area (Å²) in [7, 11) is 0. The monoisotopic (exact) mass is 160 g/mol. The Morgan fingerprint density at radius 3 is 2.75 bits per heavy atom. The zero-order valence-electron chi connectivity index (χ0n) is 6.99. The molecule has 0 unspecified atom stereocenters. The normalized spacial score (nSPS) is 8.67. The van der Waals surface area contributed by atoms with E-state index in [2.05, 4.69) is 12.3 Å². The standard InChI is InChI=1S/C11H12O/c1-2-3-7-10-12-11-8-5-4-6-9-11/h3-6,8-9H,1,7,10H2. The van der Waals surface area contributed by atoms with Crippen molar-refractivity contribution in [1.29, 1.82) is 0 Å². The Morgan fingerprint density at radius 1 is 1.33 bits per heavy atom. The van der Waals surface area contributed by atoms with Crippen LogP contribution in [0, 0.1) is 0 Å². The molecule has 0 aromatic heterocycles. The van der Waals surface area contributed by atoms with Gasteiger partial charge in [-0.15, -0.1) is 5.73 Å². The van der Waals surface area contributed by atoms with Crippen LogP contribution < -0.4 is 4.74 Å². The van der Waals surface area contributed by atoms with Gasteiger partial charge < -0.3 is 4.74 Å². The predicted octanol–water partition coefficient (Wildman–Crippen LogP) is 2.80. The maximum Gasteiger partial charge on any atom is 0.119 e. The molecule has 0 aliphatic carbocycles. The van der Waals surface area contributed by atoms with Gasteiger partial charge in [-0.2, -0.15) is 0 Å². The zero-order chi connectivity index (χ0) is 8.65. The number of ether oxygens (including phenoxy) is 1. The minimum atomic E-state index is 0.687. The molecule has 12 heavy (non-hydrogen) atoms. The molecule has 0 saturated heterocycles. The average Bonchev–Trinajstić information content (AvgIpc) is 2.14. The SMILES string of the molecule is C=C=CCCOc1ccccc1. The molecule has 1 aromatic rings. The quantitative estimate of drug-likeness (QED) is 0.486. The van der Waals surface area contributed by atoms with Gasteiger partial charge in [0.15, 0.2) is 0 Å². The van der Waals surface area contributed by atoms with Gasteiger partial charge in [0.05, 0.1) is 6.61 Å². The van der Waals surface area contributed by atoms with Gasteiger partial charge in [-0.25, -0.2) is 0 Å². The van der Waals surface area contributed by atoms with Crippen molar-refractivity contribution in [3.8, 4) is 5.75 Å². The smallest absolute Gasteiger partial charge is 0.119 e. The molecular formula is C11H12O. The van der Waals surface area contributed by atoms with Gasteiger partial charge in [-0.3, -0.25) is 0 Å². The zero-order valence-corrected chi connectivity index (χ0v) is 6.99. The second-order valence-corrected chi connectivity index (χ2v) is 2.36. The lowest BCUT2D eigenvalue weighted by molar-refractivity contribution is 0.325.